The molecule has 0 bridgehead atoms. The number of hydrogen-bond acceptors (Lipinski definition) is 1. The van der Waals surface area contributed by atoms with Gasteiger partial charge in [-0.05, 0) is 82.7 Å². The van der Waals surface area contributed by atoms with Gasteiger partial charge in [0.1, 0.15) is 0 Å². The average Bonchev–Trinajstić information content (AvgIpc) is 2.90. The second-order valence-electron chi connectivity index (χ2n) is 8.50. The highest BCUT2D eigenvalue weighted by atomic mass is 14.6. The van der Waals surface area contributed by atoms with Crippen LogP contribution in [0.25, 0.3) is 27.5 Å². The Morgan fingerprint density at radius 3 is 2.59 bits per heavy atom. The standard InChI is InChI=1S/C26H25N/c1-16-9-5-6-10-18(16)20-13-21-19-11-7-8-12-23(19)26(3,4)25(21)22-15-27-14-17(2)24(20)22/h5,7-9,11-15H,6,10H2,1-4H3. The zero-order valence-electron chi connectivity index (χ0n) is 16.6. The van der Waals surface area contributed by atoms with Crippen molar-refractivity contribution in [2.75, 3.05) is 0 Å². The number of rotatable bonds is 1. The van der Waals surface area contributed by atoms with Crippen molar-refractivity contribution in [2.24, 2.45) is 0 Å². The molecule has 1 nitrogen and oxygen atoms in total. The molecule has 0 saturated carbocycles. The molecule has 0 saturated heterocycles. The first-order valence-corrected chi connectivity index (χ1v) is 9.88. The summed E-state index contributed by atoms with van der Waals surface area (Å²) >= 11 is 0. The largest absolute Gasteiger partial charge is 0.264 e. The van der Waals surface area contributed by atoms with Crippen LogP contribution in [0.2, 0.25) is 0 Å². The van der Waals surface area contributed by atoms with E-state index in [9.17, 15) is 0 Å². The predicted octanol–water partition coefficient (Wildman–Crippen LogP) is 6.97. The molecule has 27 heavy (non-hydrogen) atoms. The molecule has 0 spiro atoms. The van der Waals surface area contributed by atoms with Crippen molar-refractivity contribution >= 4 is 16.3 Å². The van der Waals surface area contributed by atoms with Crippen LogP contribution in [0, 0.1) is 6.92 Å². The molecule has 0 amide bonds. The zero-order valence-corrected chi connectivity index (χ0v) is 16.6. The first-order chi connectivity index (χ1) is 13.0. The van der Waals surface area contributed by atoms with Crippen LogP contribution in [-0.2, 0) is 5.41 Å². The van der Waals surface area contributed by atoms with Gasteiger partial charge in [0.15, 0.2) is 0 Å². The molecule has 1 heterocycles. The number of hydrogen-bond donors (Lipinski definition) is 0. The molecule has 0 aliphatic heterocycles. The normalized spacial score (nSPS) is 17.3. The van der Waals surface area contributed by atoms with Crippen LogP contribution in [0.3, 0.4) is 0 Å². The van der Waals surface area contributed by atoms with E-state index in [0.717, 1.165) is 12.8 Å². The smallest absolute Gasteiger partial charge is 0.0350 e. The van der Waals surface area contributed by atoms with Crippen LogP contribution in [0.4, 0.5) is 0 Å². The Morgan fingerprint density at radius 2 is 1.78 bits per heavy atom. The Morgan fingerprint density at radius 1 is 0.963 bits per heavy atom. The van der Waals surface area contributed by atoms with Crippen molar-refractivity contribution in [3.8, 4) is 11.1 Å². The molecule has 0 radical (unpaired) electrons. The predicted molar refractivity (Wildman–Crippen MR) is 115 cm³/mol. The van der Waals surface area contributed by atoms with E-state index in [2.05, 4.69) is 81.4 Å². The molecule has 0 atom stereocenters. The maximum Gasteiger partial charge on any atom is 0.0350 e. The Hall–Kier alpha value is -2.67. The number of aromatic nitrogens is 1. The third-order valence-corrected chi connectivity index (χ3v) is 6.48. The summed E-state index contributed by atoms with van der Waals surface area (Å²) < 4.78 is 0. The van der Waals surface area contributed by atoms with Crippen molar-refractivity contribution in [1.29, 1.82) is 0 Å². The van der Waals surface area contributed by atoms with Crippen LogP contribution >= 0.6 is 0 Å². The number of allylic oxidation sites excluding steroid dienone is 4. The lowest BCUT2D eigenvalue weighted by Gasteiger charge is -2.25. The lowest BCUT2D eigenvalue weighted by atomic mass is 9.78. The summed E-state index contributed by atoms with van der Waals surface area (Å²) in [5, 5.41) is 2.70. The van der Waals surface area contributed by atoms with Gasteiger partial charge in [0.2, 0.25) is 0 Å². The Labute approximate surface area is 161 Å². The Kier molecular flexibility index (Phi) is 3.46. The van der Waals surface area contributed by atoms with E-state index < -0.39 is 0 Å². The minimum atomic E-state index is -0.00588. The van der Waals surface area contributed by atoms with Crippen LogP contribution < -0.4 is 0 Å². The van der Waals surface area contributed by atoms with Gasteiger partial charge in [-0.25, -0.2) is 0 Å². The second-order valence-corrected chi connectivity index (χ2v) is 8.50. The van der Waals surface area contributed by atoms with E-state index in [-0.39, 0.29) is 5.41 Å². The van der Waals surface area contributed by atoms with Gasteiger partial charge in [0.05, 0.1) is 0 Å². The van der Waals surface area contributed by atoms with Gasteiger partial charge in [0, 0.05) is 23.2 Å². The molecular weight excluding hydrogens is 326 g/mol. The molecule has 2 aliphatic rings. The minimum absolute atomic E-state index is 0.00588. The highest BCUT2D eigenvalue weighted by Gasteiger charge is 2.37. The summed E-state index contributed by atoms with van der Waals surface area (Å²) in [6.07, 6.45) is 10.9. The van der Waals surface area contributed by atoms with E-state index in [0.29, 0.717) is 0 Å². The Bertz CT molecular complexity index is 1160. The summed E-state index contributed by atoms with van der Waals surface area (Å²) in [7, 11) is 0. The molecule has 0 N–H and O–H groups in total. The van der Waals surface area contributed by atoms with Crippen molar-refractivity contribution in [1.82, 2.24) is 4.98 Å². The van der Waals surface area contributed by atoms with Crippen LogP contribution in [0.5, 0.6) is 0 Å². The van der Waals surface area contributed by atoms with Crippen LogP contribution in [0.1, 0.15) is 55.9 Å². The SMILES string of the molecule is CC1=C(c2cc3c(c4cncc(C)c24)C(C)(C)c2ccccc2-3)CCC=C1. The van der Waals surface area contributed by atoms with Gasteiger partial charge in [-0.1, -0.05) is 50.3 Å². The third-order valence-electron chi connectivity index (χ3n) is 6.48. The van der Waals surface area contributed by atoms with E-state index in [1.54, 1.807) is 0 Å². The highest BCUT2D eigenvalue weighted by Crippen LogP contribution is 2.53. The third kappa shape index (κ3) is 2.21. The summed E-state index contributed by atoms with van der Waals surface area (Å²) in [5.41, 5.74) is 11.2. The van der Waals surface area contributed by atoms with E-state index in [4.69, 9.17) is 0 Å². The molecule has 5 rings (SSSR count). The number of benzene rings is 2. The quantitative estimate of drug-likeness (QED) is 0.461. The van der Waals surface area contributed by atoms with Crippen molar-refractivity contribution in [3.05, 3.63) is 82.7 Å². The molecular formula is C26H25N. The summed E-state index contributed by atoms with van der Waals surface area (Å²) in [4.78, 5) is 4.59. The zero-order chi connectivity index (χ0) is 18.8. The lowest BCUT2D eigenvalue weighted by molar-refractivity contribution is 0.666. The number of aryl methyl sites for hydroxylation is 1. The summed E-state index contributed by atoms with van der Waals surface area (Å²) in [6.45, 7) is 9.16. The molecule has 1 aromatic heterocycles. The van der Waals surface area contributed by atoms with Crippen LogP contribution in [0.15, 0.2) is 60.5 Å². The molecule has 134 valence electrons. The number of fused-ring (bicyclic) bond motifs is 5. The van der Waals surface area contributed by atoms with E-state index in [1.807, 2.05) is 6.20 Å². The Balaban J connectivity index is 1.96. The van der Waals surface area contributed by atoms with Gasteiger partial charge < -0.3 is 0 Å². The van der Waals surface area contributed by atoms with E-state index in [1.165, 1.54) is 55.3 Å². The number of pyridine rings is 1. The van der Waals surface area contributed by atoms with Crippen molar-refractivity contribution < 1.29 is 0 Å². The molecule has 3 aromatic rings. The first-order valence-electron chi connectivity index (χ1n) is 9.88. The van der Waals surface area contributed by atoms with Gasteiger partial charge in [-0.2, -0.15) is 0 Å². The van der Waals surface area contributed by atoms with Gasteiger partial charge in [-0.15, -0.1) is 0 Å². The lowest BCUT2D eigenvalue weighted by Crippen LogP contribution is -2.16. The monoisotopic (exact) mass is 351 g/mol. The fourth-order valence-corrected chi connectivity index (χ4v) is 5.20. The fourth-order valence-electron chi connectivity index (χ4n) is 5.20. The minimum Gasteiger partial charge on any atom is -0.264 e. The maximum atomic E-state index is 4.59. The van der Waals surface area contributed by atoms with Gasteiger partial charge in [0.25, 0.3) is 0 Å². The molecule has 1 heteroatoms. The van der Waals surface area contributed by atoms with Crippen molar-refractivity contribution in [3.63, 3.8) is 0 Å². The number of nitrogens with zero attached hydrogens (tertiary/aromatic N) is 1. The van der Waals surface area contributed by atoms with Crippen molar-refractivity contribution in [2.45, 2.75) is 46.0 Å². The van der Waals surface area contributed by atoms with Gasteiger partial charge in [-0.3, -0.25) is 4.98 Å². The first kappa shape index (κ1) is 16.5. The maximum absolute atomic E-state index is 4.59. The molecule has 2 aliphatic carbocycles. The topological polar surface area (TPSA) is 12.9 Å². The van der Waals surface area contributed by atoms with E-state index >= 15 is 0 Å². The molecule has 0 fully saturated rings. The average molecular weight is 351 g/mol. The second kappa shape index (κ2) is 5.66. The molecule has 2 aromatic carbocycles. The summed E-state index contributed by atoms with van der Waals surface area (Å²) in [6, 6.07) is 11.4. The van der Waals surface area contributed by atoms with Crippen LogP contribution in [-0.4, -0.2) is 4.98 Å². The fraction of sp³-hybridized carbons (Fsp3) is 0.269. The highest BCUT2D eigenvalue weighted by molar-refractivity contribution is 6.05. The molecule has 0 unspecified atom stereocenters. The van der Waals surface area contributed by atoms with Gasteiger partial charge >= 0.3 is 0 Å². The summed E-state index contributed by atoms with van der Waals surface area (Å²) in [5.74, 6) is 0.